The van der Waals surface area contributed by atoms with Gasteiger partial charge in [0.25, 0.3) is 0 Å². The first-order chi connectivity index (χ1) is 9.45. The Bertz CT molecular complexity index is 519. The Morgan fingerprint density at radius 2 is 2.05 bits per heavy atom. The van der Waals surface area contributed by atoms with E-state index in [1.807, 2.05) is 27.7 Å². The number of rotatable bonds is 6. The normalized spacial score (nSPS) is 10.2. The topological polar surface area (TPSA) is 90.7 Å². The highest BCUT2D eigenvalue weighted by molar-refractivity contribution is 5.76. The number of carbonyl (C=O) groups is 1. The van der Waals surface area contributed by atoms with Crippen molar-refractivity contribution in [1.29, 1.82) is 5.26 Å². The van der Waals surface area contributed by atoms with E-state index in [-0.39, 0.29) is 5.91 Å². The second-order valence-electron chi connectivity index (χ2n) is 5.12. The molecule has 0 spiro atoms. The van der Waals surface area contributed by atoms with Crippen LogP contribution in [0.3, 0.4) is 0 Å². The van der Waals surface area contributed by atoms with E-state index in [1.165, 1.54) is 0 Å². The van der Waals surface area contributed by atoms with Gasteiger partial charge < -0.3 is 10.6 Å². The maximum atomic E-state index is 11.6. The summed E-state index contributed by atoms with van der Waals surface area (Å²) in [5.74, 6) is 0.858. The van der Waals surface area contributed by atoms with Crippen molar-refractivity contribution < 1.29 is 4.79 Å². The molecule has 0 fully saturated rings. The number of carbonyl (C=O) groups excluding carboxylic acids is 1. The summed E-state index contributed by atoms with van der Waals surface area (Å²) in [6, 6.07) is 2.12. The van der Waals surface area contributed by atoms with Crippen molar-refractivity contribution in [1.82, 2.24) is 15.5 Å². The Hall–Kier alpha value is -2.16. The second-order valence-corrected chi connectivity index (χ2v) is 5.12. The van der Waals surface area contributed by atoms with Gasteiger partial charge in [0.2, 0.25) is 5.91 Å². The molecule has 108 valence electrons. The van der Waals surface area contributed by atoms with Crippen LogP contribution < -0.4 is 10.6 Å². The van der Waals surface area contributed by atoms with Crippen molar-refractivity contribution in [3.05, 3.63) is 16.8 Å². The van der Waals surface area contributed by atoms with Gasteiger partial charge in [-0.1, -0.05) is 13.8 Å². The average Bonchev–Trinajstić information content (AvgIpc) is 2.40. The lowest BCUT2D eigenvalue weighted by atomic mass is 10.1. The molecule has 0 atom stereocenters. The maximum absolute atomic E-state index is 11.6. The summed E-state index contributed by atoms with van der Waals surface area (Å²) in [5.41, 5.74) is 2.04. The zero-order valence-corrected chi connectivity index (χ0v) is 12.4. The number of nitriles is 1. The fraction of sp³-hybridized carbons (Fsp3) is 0.571. The number of amides is 1. The van der Waals surface area contributed by atoms with Gasteiger partial charge in [0.05, 0.1) is 5.69 Å². The molecule has 2 N–H and O–H groups in total. The Kier molecular flexibility index (Phi) is 5.91. The van der Waals surface area contributed by atoms with E-state index in [4.69, 9.17) is 5.26 Å². The van der Waals surface area contributed by atoms with Crippen LogP contribution in [-0.2, 0) is 4.79 Å². The van der Waals surface area contributed by atoms with Gasteiger partial charge >= 0.3 is 0 Å². The van der Waals surface area contributed by atoms with Crippen LogP contribution in [0.15, 0.2) is 0 Å². The van der Waals surface area contributed by atoms with Gasteiger partial charge in [0, 0.05) is 19.5 Å². The lowest BCUT2D eigenvalue weighted by Crippen LogP contribution is -2.28. The summed E-state index contributed by atoms with van der Waals surface area (Å²) in [6.45, 7) is 8.84. The monoisotopic (exact) mass is 275 g/mol. The SMILES string of the molecule is Cc1nnc(NCCC(=O)NCC(C)C)c(C#N)c1C. The molecule has 6 heteroatoms. The molecular weight excluding hydrogens is 254 g/mol. The molecule has 0 aliphatic heterocycles. The third-order valence-electron chi connectivity index (χ3n) is 2.92. The molecule has 1 amide bonds. The molecular formula is C14H21N5O. The Morgan fingerprint density at radius 1 is 1.35 bits per heavy atom. The summed E-state index contributed by atoms with van der Waals surface area (Å²) in [7, 11) is 0. The molecule has 0 aromatic carbocycles. The third-order valence-corrected chi connectivity index (χ3v) is 2.92. The van der Waals surface area contributed by atoms with Crippen molar-refractivity contribution in [2.75, 3.05) is 18.4 Å². The van der Waals surface area contributed by atoms with Crippen LogP contribution in [0.1, 0.15) is 37.1 Å². The largest absolute Gasteiger partial charge is 0.367 e. The van der Waals surface area contributed by atoms with Crippen LogP contribution in [0.2, 0.25) is 0 Å². The number of nitrogens with one attached hydrogen (secondary N) is 2. The number of aromatic nitrogens is 2. The highest BCUT2D eigenvalue weighted by Crippen LogP contribution is 2.16. The van der Waals surface area contributed by atoms with E-state index >= 15 is 0 Å². The smallest absolute Gasteiger partial charge is 0.221 e. The fourth-order valence-corrected chi connectivity index (χ4v) is 1.57. The molecule has 0 saturated heterocycles. The minimum atomic E-state index is -0.0125. The first kappa shape index (κ1) is 15.9. The van der Waals surface area contributed by atoms with Crippen LogP contribution in [0.4, 0.5) is 5.82 Å². The molecule has 0 bridgehead atoms. The minimum Gasteiger partial charge on any atom is -0.367 e. The van der Waals surface area contributed by atoms with Gasteiger partial charge in [0.15, 0.2) is 5.82 Å². The quantitative estimate of drug-likeness (QED) is 0.821. The molecule has 1 rings (SSSR count). The van der Waals surface area contributed by atoms with Gasteiger partial charge in [-0.15, -0.1) is 5.10 Å². The van der Waals surface area contributed by atoms with Crippen molar-refractivity contribution in [3.8, 4) is 6.07 Å². The molecule has 0 aliphatic carbocycles. The van der Waals surface area contributed by atoms with Crippen LogP contribution in [0.5, 0.6) is 0 Å². The van der Waals surface area contributed by atoms with E-state index in [9.17, 15) is 4.79 Å². The second kappa shape index (κ2) is 7.43. The van der Waals surface area contributed by atoms with E-state index < -0.39 is 0 Å². The van der Waals surface area contributed by atoms with Crippen LogP contribution in [0, 0.1) is 31.1 Å². The molecule has 20 heavy (non-hydrogen) atoms. The summed E-state index contributed by atoms with van der Waals surface area (Å²) < 4.78 is 0. The van der Waals surface area contributed by atoms with Crippen LogP contribution >= 0.6 is 0 Å². The number of aryl methyl sites for hydroxylation is 1. The number of hydrogen-bond acceptors (Lipinski definition) is 5. The number of hydrogen-bond donors (Lipinski definition) is 2. The fourth-order valence-electron chi connectivity index (χ4n) is 1.57. The van der Waals surface area contributed by atoms with E-state index in [1.54, 1.807) is 0 Å². The summed E-state index contributed by atoms with van der Waals surface area (Å²) >= 11 is 0. The van der Waals surface area contributed by atoms with Gasteiger partial charge in [-0.2, -0.15) is 10.4 Å². The van der Waals surface area contributed by atoms with Gasteiger partial charge in [-0.05, 0) is 25.3 Å². The first-order valence-electron chi connectivity index (χ1n) is 6.70. The summed E-state index contributed by atoms with van der Waals surface area (Å²) in [5, 5.41) is 22.9. The predicted octanol–water partition coefficient (Wildman–Crippen LogP) is 1.54. The molecule has 6 nitrogen and oxygen atoms in total. The molecule has 0 aliphatic rings. The lowest BCUT2D eigenvalue weighted by Gasteiger charge is -2.10. The van der Waals surface area contributed by atoms with Crippen molar-refractivity contribution in [2.45, 2.75) is 34.1 Å². The summed E-state index contributed by atoms with van der Waals surface area (Å²) in [4.78, 5) is 11.6. The standard InChI is InChI=1S/C14H21N5O/c1-9(2)8-17-13(20)5-6-16-14-12(7-15)10(3)11(4)18-19-14/h9H,5-6,8H2,1-4H3,(H,16,19)(H,17,20). The molecule has 0 radical (unpaired) electrons. The Morgan fingerprint density at radius 3 is 2.65 bits per heavy atom. The third kappa shape index (κ3) is 4.50. The highest BCUT2D eigenvalue weighted by atomic mass is 16.1. The van der Waals surface area contributed by atoms with Gasteiger partial charge in [0.1, 0.15) is 11.6 Å². The molecule has 0 saturated carbocycles. The molecule has 1 aromatic rings. The summed E-state index contributed by atoms with van der Waals surface area (Å²) in [6.07, 6.45) is 0.339. The highest BCUT2D eigenvalue weighted by Gasteiger charge is 2.10. The minimum absolute atomic E-state index is 0.0125. The van der Waals surface area contributed by atoms with E-state index in [0.29, 0.717) is 36.8 Å². The van der Waals surface area contributed by atoms with Crippen LogP contribution in [-0.4, -0.2) is 29.2 Å². The van der Waals surface area contributed by atoms with Crippen molar-refractivity contribution >= 4 is 11.7 Å². The van der Waals surface area contributed by atoms with Crippen LogP contribution in [0.25, 0.3) is 0 Å². The van der Waals surface area contributed by atoms with Gasteiger partial charge in [-0.3, -0.25) is 4.79 Å². The molecule has 1 heterocycles. The zero-order valence-electron chi connectivity index (χ0n) is 12.4. The van der Waals surface area contributed by atoms with Crippen molar-refractivity contribution in [3.63, 3.8) is 0 Å². The first-order valence-corrected chi connectivity index (χ1v) is 6.70. The van der Waals surface area contributed by atoms with Gasteiger partial charge in [-0.25, -0.2) is 0 Å². The predicted molar refractivity (Wildman–Crippen MR) is 77.2 cm³/mol. The number of nitrogens with zero attached hydrogens (tertiary/aromatic N) is 3. The Labute approximate surface area is 119 Å². The average molecular weight is 275 g/mol. The van der Waals surface area contributed by atoms with Crippen molar-refractivity contribution in [2.24, 2.45) is 5.92 Å². The number of anilines is 1. The zero-order chi connectivity index (χ0) is 15.1. The Balaban J connectivity index is 2.53. The lowest BCUT2D eigenvalue weighted by molar-refractivity contribution is -0.120. The molecule has 1 aromatic heterocycles. The van der Waals surface area contributed by atoms with E-state index in [2.05, 4.69) is 26.9 Å². The molecule has 0 unspecified atom stereocenters. The maximum Gasteiger partial charge on any atom is 0.221 e. The van der Waals surface area contributed by atoms with E-state index in [0.717, 1.165) is 11.3 Å².